The van der Waals surface area contributed by atoms with Gasteiger partial charge in [0.2, 0.25) is 15.9 Å². The van der Waals surface area contributed by atoms with Gasteiger partial charge in [-0.3, -0.25) is 4.79 Å². The van der Waals surface area contributed by atoms with Gasteiger partial charge in [0.15, 0.2) is 0 Å². The second-order valence-corrected chi connectivity index (χ2v) is 10.7. The first kappa shape index (κ1) is 24.3. The summed E-state index contributed by atoms with van der Waals surface area (Å²) in [6.45, 7) is 4.92. The van der Waals surface area contributed by atoms with Crippen LogP contribution in [0.2, 0.25) is 0 Å². The van der Waals surface area contributed by atoms with Gasteiger partial charge in [0, 0.05) is 38.0 Å². The molecule has 1 amide bonds. The number of amides is 1. The van der Waals surface area contributed by atoms with Crippen molar-refractivity contribution in [3.8, 4) is 5.75 Å². The Kier molecular flexibility index (Phi) is 7.58. The lowest BCUT2D eigenvalue weighted by molar-refractivity contribution is -0.136. The largest absolute Gasteiger partial charge is 0.485 e. The maximum Gasteiger partial charge on any atom is 0.236 e. The van der Waals surface area contributed by atoms with Crippen LogP contribution < -0.4 is 9.64 Å². The molecule has 2 aromatic carbocycles. The number of rotatable bonds is 7. The quantitative estimate of drug-likeness (QED) is 0.603. The Bertz CT molecular complexity index is 1110. The number of hydrogen-bond donors (Lipinski definition) is 0. The number of likely N-dealkylation sites (N-methyl/N-ethyl adjacent to an activating group) is 2. The van der Waals surface area contributed by atoms with Crippen molar-refractivity contribution in [2.75, 3.05) is 44.7 Å². The summed E-state index contributed by atoms with van der Waals surface area (Å²) in [6.07, 6.45) is 2.56. The minimum Gasteiger partial charge on any atom is -0.485 e. The third-order valence-corrected chi connectivity index (χ3v) is 8.12. The number of benzene rings is 2. The minimum absolute atomic E-state index is 0.0578. The third-order valence-electron chi connectivity index (χ3n) is 6.55. The Labute approximate surface area is 202 Å². The highest BCUT2D eigenvalue weighted by Crippen LogP contribution is 2.33. The summed E-state index contributed by atoms with van der Waals surface area (Å²) >= 11 is 0. The molecule has 4 rings (SSSR count). The molecule has 0 spiro atoms. The molecule has 1 saturated heterocycles. The second-order valence-electron chi connectivity index (χ2n) is 8.90. The first-order valence-corrected chi connectivity index (χ1v) is 13.4. The lowest BCUT2D eigenvalue weighted by Crippen LogP contribution is -2.49. The normalized spacial score (nSPS) is 19.6. The van der Waals surface area contributed by atoms with Crippen LogP contribution in [0.25, 0.3) is 6.08 Å². The van der Waals surface area contributed by atoms with Gasteiger partial charge in [0.25, 0.3) is 0 Å². The highest BCUT2D eigenvalue weighted by molar-refractivity contribution is 7.92. The molecule has 0 aromatic heterocycles. The Morgan fingerprint density at radius 1 is 1.09 bits per heavy atom. The fourth-order valence-corrected chi connectivity index (χ4v) is 5.87. The van der Waals surface area contributed by atoms with E-state index >= 15 is 0 Å². The molecular formula is C26H33N3O4S. The SMILES string of the molecule is CCN1CC(CN(C)C(=O)C2CCN(S(=O)(=O)C=Cc3ccccc3)CC2)Oc2ccccc21. The van der Waals surface area contributed by atoms with Crippen LogP contribution in [0.4, 0.5) is 5.69 Å². The van der Waals surface area contributed by atoms with Gasteiger partial charge in [-0.05, 0) is 43.5 Å². The van der Waals surface area contributed by atoms with E-state index in [0.717, 1.165) is 30.1 Å². The first-order valence-electron chi connectivity index (χ1n) is 11.9. The van der Waals surface area contributed by atoms with E-state index in [9.17, 15) is 13.2 Å². The van der Waals surface area contributed by atoms with Crippen molar-refractivity contribution in [1.82, 2.24) is 9.21 Å². The van der Waals surface area contributed by atoms with E-state index in [4.69, 9.17) is 4.74 Å². The Balaban J connectivity index is 1.30. The van der Waals surface area contributed by atoms with Gasteiger partial charge in [-0.1, -0.05) is 42.5 Å². The van der Waals surface area contributed by atoms with Crippen molar-refractivity contribution >= 4 is 27.7 Å². The minimum atomic E-state index is -3.51. The van der Waals surface area contributed by atoms with Crippen molar-refractivity contribution in [1.29, 1.82) is 0 Å². The number of nitrogens with zero attached hydrogens (tertiary/aromatic N) is 3. The molecule has 7 nitrogen and oxygen atoms in total. The van der Waals surface area contributed by atoms with Gasteiger partial charge in [-0.2, -0.15) is 4.31 Å². The number of hydrogen-bond acceptors (Lipinski definition) is 5. The molecule has 0 radical (unpaired) electrons. The van der Waals surface area contributed by atoms with Crippen LogP contribution in [0.1, 0.15) is 25.3 Å². The molecule has 2 aliphatic heterocycles. The van der Waals surface area contributed by atoms with E-state index in [-0.39, 0.29) is 17.9 Å². The van der Waals surface area contributed by atoms with Crippen molar-refractivity contribution in [3.05, 3.63) is 65.6 Å². The molecular weight excluding hydrogens is 450 g/mol. The van der Waals surface area contributed by atoms with Gasteiger partial charge < -0.3 is 14.5 Å². The van der Waals surface area contributed by atoms with Crippen molar-refractivity contribution in [2.24, 2.45) is 5.92 Å². The zero-order valence-corrected chi connectivity index (χ0v) is 20.7. The second kappa shape index (κ2) is 10.6. The number of para-hydroxylation sites is 2. The summed E-state index contributed by atoms with van der Waals surface area (Å²) in [6, 6.07) is 17.3. The predicted octanol–water partition coefficient (Wildman–Crippen LogP) is 3.45. The molecule has 1 atom stereocenters. The molecule has 8 heteroatoms. The number of fused-ring (bicyclic) bond motifs is 1. The molecule has 0 saturated carbocycles. The maximum atomic E-state index is 13.1. The molecule has 1 fully saturated rings. The summed E-state index contributed by atoms with van der Waals surface area (Å²) < 4.78 is 33.1. The number of sulfonamides is 1. The standard InChI is InChI=1S/C26H33N3O4S/c1-3-28-20-23(33-25-12-8-7-11-24(25)28)19-27(2)26(30)22-13-16-29(17-14-22)34(31,32)18-15-21-9-5-4-6-10-21/h4-12,15,18,22-23H,3,13-14,16-17,19-20H2,1-2H3. The van der Waals surface area contributed by atoms with Gasteiger partial charge in [0.05, 0.1) is 18.8 Å². The van der Waals surface area contributed by atoms with Gasteiger partial charge in [-0.25, -0.2) is 8.42 Å². The van der Waals surface area contributed by atoms with Gasteiger partial charge in [0.1, 0.15) is 11.9 Å². The Hall–Kier alpha value is -2.84. The summed E-state index contributed by atoms with van der Waals surface area (Å²) in [5.41, 5.74) is 1.93. The summed E-state index contributed by atoms with van der Waals surface area (Å²) in [5.74, 6) is 0.735. The van der Waals surface area contributed by atoms with Crippen LogP contribution >= 0.6 is 0 Å². The lowest BCUT2D eigenvalue weighted by Gasteiger charge is -2.38. The predicted molar refractivity (Wildman–Crippen MR) is 135 cm³/mol. The zero-order chi connectivity index (χ0) is 24.1. The van der Waals surface area contributed by atoms with Crippen molar-refractivity contribution in [3.63, 3.8) is 0 Å². The Morgan fingerprint density at radius 3 is 2.47 bits per heavy atom. The molecule has 0 aliphatic carbocycles. The third kappa shape index (κ3) is 5.62. The van der Waals surface area contributed by atoms with Crippen LogP contribution in [0.5, 0.6) is 5.75 Å². The van der Waals surface area contributed by atoms with E-state index < -0.39 is 10.0 Å². The molecule has 0 N–H and O–H groups in total. The summed E-state index contributed by atoms with van der Waals surface area (Å²) in [7, 11) is -1.70. The smallest absolute Gasteiger partial charge is 0.236 e. The number of carbonyl (C=O) groups is 1. The number of ether oxygens (including phenoxy) is 1. The topological polar surface area (TPSA) is 70.2 Å². The van der Waals surface area contributed by atoms with E-state index in [2.05, 4.69) is 17.9 Å². The maximum absolute atomic E-state index is 13.1. The van der Waals surface area contributed by atoms with Gasteiger partial charge >= 0.3 is 0 Å². The van der Waals surface area contributed by atoms with E-state index in [1.54, 1.807) is 11.0 Å². The van der Waals surface area contributed by atoms with E-state index in [1.165, 1.54) is 9.71 Å². The van der Waals surface area contributed by atoms with Crippen LogP contribution in [0.15, 0.2) is 60.0 Å². The molecule has 0 bridgehead atoms. The Morgan fingerprint density at radius 2 is 1.76 bits per heavy atom. The molecule has 1 unspecified atom stereocenters. The number of anilines is 1. The van der Waals surface area contributed by atoms with Crippen molar-refractivity contribution < 1.29 is 17.9 Å². The fourth-order valence-electron chi connectivity index (χ4n) is 4.65. The highest BCUT2D eigenvalue weighted by atomic mass is 32.2. The molecule has 34 heavy (non-hydrogen) atoms. The molecule has 2 aromatic rings. The zero-order valence-electron chi connectivity index (χ0n) is 19.8. The van der Waals surface area contributed by atoms with Crippen LogP contribution in [0.3, 0.4) is 0 Å². The lowest BCUT2D eigenvalue weighted by atomic mass is 9.96. The molecule has 2 aliphatic rings. The van der Waals surface area contributed by atoms with Crippen LogP contribution in [-0.4, -0.2) is 69.4 Å². The summed E-state index contributed by atoms with van der Waals surface area (Å²) in [4.78, 5) is 17.1. The van der Waals surface area contributed by atoms with E-state index in [0.29, 0.717) is 32.5 Å². The van der Waals surface area contributed by atoms with Gasteiger partial charge in [-0.15, -0.1) is 0 Å². The van der Waals surface area contributed by atoms with Crippen molar-refractivity contribution in [2.45, 2.75) is 25.9 Å². The molecule has 2 heterocycles. The summed E-state index contributed by atoms with van der Waals surface area (Å²) in [5, 5.41) is 1.26. The van der Waals surface area contributed by atoms with Crippen LogP contribution in [0, 0.1) is 5.92 Å². The number of carbonyl (C=O) groups excluding carboxylic acids is 1. The highest BCUT2D eigenvalue weighted by Gasteiger charge is 2.33. The average molecular weight is 484 g/mol. The average Bonchev–Trinajstić information content (AvgIpc) is 2.87. The monoisotopic (exact) mass is 483 g/mol. The number of piperidine rings is 1. The molecule has 182 valence electrons. The van der Waals surface area contributed by atoms with Crippen LogP contribution in [-0.2, 0) is 14.8 Å². The fraction of sp³-hybridized carbons (Fsp3) is 0.423. The first-order chi connectivity index (χ1) is 16.4. The van der Waals surface area contributed by atoms with E-state index in [1.807, 2.05) is 55.6 Å².